The molecule has 1 aliphatic rings. The lowest BCUT2D eigenvalue weighted by molar-refractivity contribution is 0.0809. The van der Waals surface area contributed by atoms with Crippen LogP contribution in [0.4, 0.5) is 0 Å². The Balaban J connectivity index is 2.43. The van der Waals surface area contributed by atoms with Crippen molar-refractivity contribution in [1.82, 2.24) is 0 Å². The van der Waals surface area contributed by atoms with Crippen LogP contribution in [-0.4, -0.2) is 18.4 Å². The van der Waals surface area contributed by atoms with Gasteiger partial charge in [-0.15, -0.1) is 0 Å². The van der Waals surface area contributed by atoms with Crippen molar-refractivity contribution in [2.45, 2.75) is 39.7 Å². The van der Waals surface area contributed by atoms with Gasteiger partial charge >= 0.3 is 0 Å². The van der Waals surface area contributed by atoms with Crippen LogP contribution in [0.25, 0.3) is 0 Å². The number of nitrogens with zero attached hydrogens (tertiary/aromatic N) is 1. The van der Waals surface area contributed by atoms with E-state index in [0.29, 0.717) is 6.54 Å². The molecule has 1 aliphatic heterocycles. The third-order valence-electron chi connectivity index (χ3n) is 2.09. The Labute approximate surface area is 74.0 Å². The molecule has 3 nitrogen and oxygen atoms in total. The van der Waals surface area contributed by atoms with Gasteiger partial charge in [0.1, 0.15) is 6.10 Å². The molecule has 0 aromatic rings. The molecule has 0 fully saturated rings. The van der Waals surface area contributed by atoms with E-state index in [0.717, 1.165) is 18.6 Å². The zero-order valence-corrected chi connectivity index (χ0v) is 8.13. The van der Waals surface area contributed by atoms with Gasteiger partial charge in [-0.1, -0.05) is 25.9 Å². The summed E-state index contributed by atoms with van der Waals surface area (Å²) in [5.74, 6) is 0. The van der Waals surface area contributed by atoms with Crippen LogP contribution in [0.2, 0.25) is 0 Å². The van der Waals surface area contributed by atoms with E-state index in [-0.39, 0.29) is 11.5 Å². The fraction of sp³-hybridized carbons (Fsp3) is 0.889. The molecule has 0 saturated carbocycles. The van der Waals surface area contributed by atoms with E-state index in [4.69, 9.17) is 10.6 Å². The highest BCUT2D eigenvalue weighted by molar-refractivity contribution is 5.90. The monoisotopic (exact) mass is 170 g/mol. The first-order valence-electron chi connectivity index (χ1n) is 4.47. The van der Waals surface area contributed by atoms with Gasteiger partial charge in [-0.05, 0) is 13.0 Å². The molecule has 3 heteroatoms. The first kappa shape index (κ1) is 9.52. The summed E-state index contributed by atoms with van der Waals surface area (Å²) in [6, 6.07) is 0. The van der Waals surface area contributed by atoms with Crippen molar-refractivity contribution >= 4 is 5.71 Å². The fourth-order valence-electron chi connectivity index (χ4n) is 1.21. The zero-order valence-electron chi connectivity index (χ0n) is 8.13. The Hall–Kier alpha value is -0.570. The van der Waals surface area contributed by atoms with Crippen LogP contribution < -0.4 is 5.73 Å². The molecule has 0 radical (unpaired) electrons. The molecule has 0 aliphatic carbocycles. The Morgan fingerprint density at radius 3 is 2.67 bits per heavy atom. The van der Waals surface area contributed by atoms with Crippen molar-refractivity contribution < 1.29 is 4.84 Å². The number of rotatable bonds is 2. The van der Waals surface area contributed by atoms with Gasteiger partial charge in [0, 0.05) is 11.8 Å². The third-order valence-corrected chi connectivity index (χ3v) is 2.09. The number of hydrogen-bond donors (Lipinski definition) is 1. The lowest BCUT2D eigenvalue weighted by atomic mass is 9.87. The molecule has 1 heterocycles. The lowest BCUT2D eigenvalue weighted by Gasteiger charge is -2.16. The second-order valence-corrected chi connectivity index (χ2v) is 4.30. The summed E-state index contributed by atoms with van der Waals surface area (Å²) in [4.78, 5) is 5.24. The van der Waals surface area contributed by atoms with Gasteiger partial charge in [-0.2, -0.15) is 0 Å². The van der Waals surface area contributed by atoms with E-state index in [1.807, 2.05) is 0 Å². The summed E-state index contributed by atoms with van der Waals surface area (Å²) in [6.07, 6.45) is 2.08. The molecule has 0 bridgehead atoms. The molecule has 0 saturated heterocycles. The second-order valence-electron chi connectivity index (χ2n) is 4.30. The van der Waals surface area contributed by atoms with Crippen LogP contribution in [0.1, 0.15) is 33.6 Å². The maximum atomic E-state index is 5.43. The predicted octanol–water partition coefficient (Wildman–Crippen LogP) is 1.53. The predicted molar refractivity (Wildman–Crippen MR) is 50.1 cm³/mol. The highest BCUT2D eigenvalue weighted by Crippen LogP contribution is 2.26. The molecule has 12 heavy (non-hydrogen) atoms. The van der Waals surface area contributed by atoms with Gasteiger partial charge in [0.05, 0.1) is 5.71 Å². The van der Waals surface area contributed by atoms with E-state index in [1.54, 1.807) is 0 Å². The normalized spacial score (nSPS) is 23.7. The van der Waals surface area contributed by atoms with E-state index in [9.17, 15) is 0 Å². The summed E-state index contributed by atoms with van der Waals surface area (Å²) in [7, 11) is 0. The van der Waals surface area contributed by atoms with Gasteiger partial charge in [0.15, 0.2) is 0 Å². The van der Waals surface area contributed by atoms with E-state index in [2.05, 4.69) is 25.9 Å². The molecule has 2 N–H and O–H groups in total. The first-order chi connectivity index (χ1) is 5.54. The molecule has 0 aromatic heterocycles. The van der Waals surface area contributed by atoms with Crippen molar-refractivity contribution in [1.29, 1.82) is 0 Å². The van der Waals surface area contributed by atoms with Crippen molar-refractivity contribution in [3.8, 4) is 0 Å². The minimum atomic E-state index is 0.142. The van der Waals surface area contributed by atoms with E-state index >= 15 is 0 Å². The highest BCUT2D eigenvalue weighted by atomic mass is 16.6. The number of nitrogens with two attached hydrogens (primary N) is 1. The average molecular weight is 170 g/mol. The highest BCUT2D eigenvalue weighted by Gasteiger charge is 2.28. The van der Waals surface area contributed by atoms with Crippen molar-refractivity contribution in [3.05, 3.63) is 0 Å². The quantitative estimate of drug-likeness (QED) is 0.683. The zero-order chi connectivity index (χ0) is 9.19. The van der Waals surface area contributed by atoms with Crippen LogP contribution in [-0.2, 0) is 4.84 Å². The SMILES string of the molecule is CC(C)(C)C1=NOC(CCN)C1. The molecule has 0 aromatic carbocycles. The Kier molecular flexibility index (Phi) is 2.73. The van der Waals surface area contributed by atoms with Crippen LogP contribution in [0.5, 0.6) is 0 Å². The molecule has 0 amide bonds. The van der Waals surface area contributed by atoms with Crippen molar-refractivity contribution in [2.75, 3.05) is 6.54 Å². The molecular formula is C9H18N2O. The van der Waals surface area contributed by atoms with Crippen LogP contribution in [0.15, 0.2) is 5.16 Å². The average Bonchev–Trinajstić information content (AvgIpc) is 2.35. The fourth-order valence-corrected chi connectivity index (χ4v) is 1.21. The van der Waals surface area contributed by atoms with Crippen LogP contribution in [0, 0.1) is 5.41 Å². The molecule has 70 valence electrons. The van der Waals surface area contributed by atoms with Gasteiger partial charge in [-0.25, -0.2) is 0 Å². The number of hydrogen-bond acceptors (Lipinski definition) is 3. The summed E-state index contributed by atoms with van der Waals surface area (Å²) in [6.45, 7) is 7.14. The maximum absolute atomic E-state index is 5.43. The Morgan fingerprint density at radius 1 is 1.58 bits per heavy atom. The molecule has 1 unspecified atom stereocenters. The molecule has 0 spiro atoms. The third kappa shape index (κ3) is 2.21. The standard InChI is InChI=1S/C9H18N2O/c1-9(2,3)8-6-7(4-5-10)12-11-8/h7H,4-6,10H2,1-3H3. The summed E-state index contributed by atoms with van der Waals surface area (Å²) in [5, 5.41) is 4.07. The van der Waals surface area contributed by atoms with Gasteiger partial charge in [-0.3, -0.25) is 0 Å². The summed E-state index contributed by atoms with van der Waals surface area (Å²) >= 11 is 0. The minimum Gasteiger partial charge on any atom is -0.392 e. The summed E-state index contributed by atoms with van der Waals surface area (Å²) < 4.78 is 0. The van der Waals surface area contributed by atoms with Crippen LogP contribution >= 0.6 is 0 Å². The van der Waals surface area contributed by atoms with Crippen molar-refractivity contribution in [2.24, 2.45) is 16.3 Å². The van der Waals surface area contributed by atoms with E-state index in [1.165, 1.54) is 0 Å². The smallest absolute Gasteiger partial charge is 0.134 e. The second kappa shape index (κ2) is 3.44. The van der Waals surface area contributed by atoms with Gasteiger partial charge in [0.2, 0.25) is 0 Å². The van der Waals surface area contributed by atoms with Crippen molar-refractivity contribution in [3.63, 3.8) is 0 Å². The Bertz CT molecular complexity index is 181. The van der Waals surface area contributed by atoms with Crippen LogP contribution in [0.3, 0.4) is 0 Å². The van der Waals surface area contributed by atoms with Gasteiger partial charge in [0.25, 0.3) is 0 Å². The van der Waals surface area contributed by atoms with Gasteiger partial charge < -0.3 is 10.6 Å². The first-order valence-corrected chi connectivity index (χ1v) is 4.47. The number of oxime groups is 1. The largest absolute Gasteiger partial charge is 0.392 e. The van der Waals surface area contributed by atoms with E-state index < -0.39 is 0 Å². The molecule has 1 rings (SSSR count). The lowest BCUT2D eigenvalue weighted by Crippen LogP contribution is -2.21. The molecular weight excluding hydrogens is 152 g/mol. The Morgan fingerprint density at radius 2 is 2.25 bits per heavy atom. The summed E-state index contributed by atoms with van der Waals surface area (Å²) in [5.41, 5.74) is 6.73. The minimum absolute atomic E-state index is 0.142. The molecule has 1 atom stereocenters. The maximum Gasteiger partial charge on any atom is 0.134 e. The topological polar surface area (TPSA) is 47.6 Å².